The average Bonchev–Trinajstić information content (AvgIpc) is 2.43. The zero-order valence-corrected chi connectivity index (χ0v) is 13.2. The van der Waals surface area contributed by atoms with E-state index in [-0.39, 0.29) is 17.7 Å². The molecule has 1 aliphatic rings. The first-order valence-electron chi connectivity index (χ1n) is 7.57. The van der Waals surface area contributed by atoms with E-state index in [1.807, 2.05) is 44.2 Å². The first kappa shape index (κ1) is 15.5. The number of hydrogen-bond donors (Lipinski definition) is 1. The van der Waals surface area contributed by atoms with Gasteiger partial charge in [0.15, 0.2) is 0 Å². The van der Waals surface area contributed by atoms with Crippen LogP contribution in [0, 0.1) is 11.8 Å². The number of benzene rings is 1. The summed E-state index contributed by atoms with van der Waals surface area (Å²) in [6, 6.07) is 8.58. The van der Waals surface area contributed by atoms with Crippen LogP contribution in [0.2, 0.25) is 0 Å². The van der Waals surface area contributed by atoms with Gasteiger partial charge in [-0.15, -0.1) is 0 Å². The Kier molecular flexibility index (Phi) is 4.66. The highest BCUT2D eigenvalue weighted by Gasteiger charge is 2.42. The lowest BCUT2D eigenvalue weighted by molar-refractivity contribution is -0.151. The molecule has 0 aliphatic carbocycles. The van der Waals surface area contributed by atoms with E-state index < -0.39 is 12.1 Å². The second-order valence-corrected chi connectivity index (χ2v) is 6.43. The van der Waals surface area contributed by atoms with Gasteiger partial charge in [0.25, 0.3) is 0 Å². The molecule has 0 aromatic heterocycles. The van der Waals surface area contributed by atoms with E-state index in [0.29, 0.717) is 12.5 Å². The van der Waals surface area contributed by atoms with Crippen molar-refractivity contribution in [3.63, 3.8) is 0 Å². The highest BCUT2D eigenvalue weighted by Crippen LogP contribution is 2.28. The summed E-state index contributed by atoms with van der Waals surface area (Å²) in [5, 5.41) is 2.89. The molecule has 1 aliphatic heterocycles. The fourth-order valence-electron chi connectivity index (χ4n) is 2.75. The normalized spacial score (nSPS) is 22.9. The second kappa shape index (κ2) is 6.29. The first-order chi connectivity index (χ1) is 9.91. The SMILES string of the molecule is CC(C)CN1C(=O)C(C(C)C)NC(=O)C1c1ccccc1. The summed E-state index contributed by atoms with van der Waals surface area (Å²) in [4.78, 5) is 27.0. The Morgan fingerprint density at radius 1 is 1.10 bits per heavy atom. The molecule has 1 aromatic rings. The Hall–Kier alpha value is -1.84. The van der Waals surface area contributed by atoms with Crippen molar-refractivity contribution in [2.24, 2.45) is 11.8 Å². The highest BCUT2D eigenvalue weighted by molar-refractivity contribution is 5.97. The molecular formula is C17H24N2O2. The Bertz CT molecular complexity index is 511. The maximum atomic E-state index is 12.7. The topological polar surface area (TPSA) is 49.4 Å². The Labute approximate surface area is 126 Å². The molecule has 2 amide bonds. The fraction of sp³-hybridized carbons (Fsp3) is 0.529. The van der Waals surface area contributed by atoms with Crippen molar-refractivity contribution in [3.8, 4) is 0 Å². The summed E-state index contributed by atoms with van der Waals surface area (Å²) >= 11 is 0. The Morgan fingerprint density at radius 3 is 2.24 bits per heavy atom. The first-order valence-corrected chi connectivity index (χ1v) is 7.57. The summed E-state index contributed by atoms with van der Waals surface area (Å²) in [5.74, 6) is 0.346. The molecule has 2 rings (SSSR count). The number of nitrogens with one attached hydrogen (secondary N) is 1. The molecule has 1 N–H and O–H groups in total. The maximum absolute atomic E-state index is 12.7. The minimum absolute atomic E-state index is 0.0205. The van der Waals surface area contributed by atoms with E-state index in [0.717, 1.165) is 5.56 Å². The van der Waals surface area contributed by atoms with Crippen LogP contribution in [-0.4, -0.2) is 29.3 Å². The summed E-state index contributed by atoms with van der Waals surface area (Å²) in [6.45, 7) is 8.63. The Morgan fingerprint density at radius 2 is 1.71 bits per heavy atom. The third-order valence-electron chi connectivity index (χ3n) is 3.75. The molecule has 2 atom stereocenters. The van der Waals surface area contributed by atoms with Gasteiger partial charge in [0.2, 0.25) is 11.8 Å². The summed E-state index contributed by atoms with van der Waals surface area (Å²) in [6.07, 6.45) is 0. The van der Waals surface area contributed by atoms with Gasteiger partial charge < -0.3 is 10.2 Å². The molecule has 1 heterocycles. The quantitative estimate of drug-likeness (QED) is 0.924. The van der Waals surface area contributed by atoms with Crippen LogP contribution in [0.25, 0.3) is 0 Å². The van der Waals surface area contributed by atoms with Crippen LogP contribution in [0.5, 0.6) is 0 Å². The number of carbonyl (C=O) groups is 2. The number of nitrogens with zero attached hydrogens (tertiary/aromatic N) is 1. The van der Waals surface area contributed by atoms with Crippen molar-refractivity contribution >= 4 is 11.8 Å². The molecule has 114 valence electrons. The lowest BCUT2D eigenvalue weighted by atomic mass is 9.93. The van der Waals surface area contributed by atoms with Crippen LogP contribution in [0.15, 0.2) is 30.3 Å². The summed E-state index contributed by atoms with van der Waals surface area (Å²) in [7, 11) is 0. The molecule has 0 radical (unpaired) electrons. The van der Waals surface area contributed by atoms with Crippen molar-refractivity contribution in [1.82, 2.24) is 10.2 Å². The predicted octanol–water partition coefficient (Wildman–Crippen LogP) is 2.37. The minimum atomic E-state index is -0.518. The molecule has 1 saturated heterocycles. The third-order valence-corrected chi connectivity index (χ3v) is 3.75. The van der Waals surface area contributed by atoms with E-state index in [1.54, 1.807) is 4.90 Å². The number of amides is 2. The number of rotatable bonds is 4. The van der Waals surface area contributed by atoms with Gasteiger partial charge in [-0.1, -0.05) is 58.0 Å². The molecular weight excluding hydrogens is 264 g/mol. The summed E-state index contributed by atoms with van der Waals surface area (Å²) in [5.41, 5.74) is 0.867. The number of piperazine rings is 1. The zero-order valence-electron chi connectivity index (χ0n) is 13.2. The zero-order chi connectivity index (χ0) is 15.6. The molecule has 1 aromatic carbocycles. The second-order valence-electron chi connectivity index (χ2n) is 6.43. The van der Waals surface area contributed by atoms with Gasteiger partial charge in [-0.3, -0.25) is 9.59 Å². The lowest BCUT2D eigenvalue weighted by Crippen LogP contribution is -2.61. The largest absolute Gasteiger partial charge is 0.342 e. The van der Waals surface area contributed by atoms with Gasteiger partial charge in [-0.2, -0.15) is 0 Å². The lowest BCUT2D eigenvalue weighted by Gasteiger charge is -2.41. The molecule has 21 heavy (non-hydrogen) atoms. The fourth-order valence-corrected chi connectivity index (χ4v) is 2.75. The van der Waals surface area contributed by atoms with Crippen LogP contribution in [0.3, 0.4) is 0 Å². The summed E-state index contributed by atoms with van der Waals surface area (Å²) < 4.78 is 0. The predicted molar refractivity (Wildman–Crippen MR) is 82.5 cm³/mol. The van der Waals surface area contributed by atoms with Crippen LogP contribution in [0.1, 0.15) is 39.3 Å². The van der Waals surface area contributed by atoms with E-state index in [2.05, 4.69) is 19.2 Å². The van der Waals surface area contributed by atoms with Crippen LogP contribution in [0.4, 0.5) is 0 Å². The molecule has 0 saturated carbocycles. The Balaban J connectivity index is 2.37. The molecule has 4 heteroatoms. The van der Waals surface area contributed by atoms with Gasteiger partial charge in [0, 0.05) is 6.54 Å². The molecule has 0 spiro atoms. The van der Waals surface area contributed by atoms with E-state index in [9.17, 15) is 9.59 Å². The van der Waals surface area contributed by atoms with E-state index in [1.165, 1.54) is 0 Å². The molecule has 0 bridgehead atoms. The van der Waals surface area contributed by atoms with Crippen LogP contribution < -0.4 is 5.32 Å². The maximum Gasteiger partial charge on any atom is 0.248 e. The number of carbonyl (C=O) groups excluding carboxylic acids is 2. The molecule has 2 unspecified atom stereocenters. The van der Waals surface area contributed by atoms with Crippen molar-refractivity contribution in [2.45, 2.75) is 39.8 Å². The van der Waals surface area contributed by atoms with Crippen LogP contribution >= 0.6 is 0 Å². The number of hydrogen-bond acceptors (Lipinski definition) is 2. The highest BCUT2D eigenvalue weighted by atomic mass is 16.2. The van der Waals surface area contributed by atoms with Gasteiger partial charge in [-0.25, -0.2) is 0 Å². The van der Waals surface area contributed by atoms with Crippen molar-refractivity contribution in [1.29, 1.82) is 0 Å². The average molecular weight is 288 g/mol. The van der Waals surface area contributed by atoms with Gasteiger partial charge in [0.05, 0.1) is 0 Å². The smallest absolute Gasteiger partial charge is 0.248 e. The van der Waals surface area contributed by atoms with E-state index >= 15 is 0 Å². The van der Waals surface area contributed by atoms with Crippen molar-refractivity contribution in [2.75, 3.05) is 6.54 Å². The van der Waals surface area contributed by atoms with Crippen LogP contribution in [-0.2, 0) is 9.59 Å². The van der Waals surface area contributed by atoms with Gasteiger partial charge in [-0.05, 0) is 17.4 Å². The van der Waals surface area contributed by atoms with E-state index in [4.69, 9.17) is 0 Å². The molecule has 1 fully saturated rings. The monoisotopic (exact) mass is 288 g/mol. The third kappa shape index (κ3) is 3.26. The minimum Gasteiger partial charge on any atom is -0.342 e. The van der Waals surface area contributed by atoms with Gasteiger partial charge in [0.1, 0.15) is 12.1 Å². The van der Waals surface area contributed by atoms with Crippen molar-refractivity contribution in [3.05, 3.63) is 35.9 Å². The standard InChI is InChI=1S/C17H24N2O2/c1-11(2)10-19-15(13-8-6-5-7-9-13)16(20)18-14(12(3)4)17(19)21/h5-9,11-12,14-15H,10H2,1-4H3,(H,18,20). The molecule has 4 nitrogen and oxygen atoms in total. The van der Waals surface area contributed by atoms with Gasteiger partial charge >= 0.3 is 0 Å². The van der Waals surface area contributed by atoms with Crippen molar-refractivity contribution < 1.29 is 9.59 Å².